The van der Waals surface area contributed by atoms with Crippen LogP contribution in [-0.2, 0) is 9.59 Å². The minimum atomic E-state index is -0.906. The molecule has 0 saturated heterocycles. The maximum atomic E-state index is 10.9. The van der Waals surface area contributed by atoms with Crippen LogP contribution in [0.5, 0.6) is 0 Å². The van der Waals surface area contributed by atoms with E-state index in [1.54, 1.807) is 0 Å². The van der Waals surface area contributed by atoms with Crippen LogP contribution in [0, 0.1) is 11.8 Å². The number of rotatable bonds is 34. The molecule has 0 fully saturated rings. The van der Waals surface area contributed by atoms with Crippen molar-refractivity contribution in [2.24, 2.45) is 11.8 Å². The largest absolute Gasteiger partial charge is 2.00 e. The summed E-state index contributed by atoms with van der Waals surface area (Å²) in [7, 11) is 0. The fourth-order valence-electron chi connectivity index (χ4n) is 5.64. The minimum absolute atomic E-state index is 0. The minimum Gasteiger partial charge on any atom is -0.550 e. The monoisotopic (exact) mass is 820 g/mol. The third-order valence-corrected chi connectivity index (χ3v) is 9.27. The van der Waals surface area contributed by atoms with Crippen LogP contribution in [0.1, 0.15) is 194 Å². The quantitative estimate of drug-likeness (QED) is 0.0293. The molecular formula is C40H74BaO4S2. The summed E-state index contributed by atoms with van der Waals surface area (Å²) >= 11 is 8.21. The SMILES string of the molecule is CCCCCCCCC=CCCCCCCC(CCS)C(=O)[O-].CCCCCCCCC=CCCCCCCC(CCS)C(=O)[O-].[Ba+2]. The molecule has 0 saturated carbocycles. The Labute approximate surface area is 343 Å². The molecule has 0 radical (unpaired) electrons. The van der Waals surface area contributed by atoms with Crippen molar-refractivity contribution >= 4 is 86.1 Å². The number of carbonyl (C=O) groups is 2. The van der Waals surface area contributed by atoms with Gasteiger partial charge in [-0.15, -0.1) is 0 Å². The van der Waals surface area contributed by atoms with Crippen LogP contribution in [0.25, 0.3) is 0 Å². The summed E-state index contributed by atoms with van der Waals surface area (Å²) in [6, 6.07) is 0. The average Bonchev–Trinajstić information content (AvgIpc) is 3.04. The summed E-state index contributed by atoms with van der Waals surface area (Å²) in [4.78, 5) is 21.8. The first-order valence-electron chi connectivity index (χ1n) is 19.4. The van der Waals surface area contributed by atoms with E-state index >= 15 is 0 Å². The maximum Gasteiger partial charge on any atom is 2.00 e. The number of allylic oxidation sites excluding steroid dienone is 4. The molecule has 0 aromatic carbocycles. The smallest absolute Gasteiger partial charge is 0.550 e. The van der Waals surface area contributed by atoms with E-state index in [0.717, 1.165) is 51.4 Å². The van der Waals surface area contributed by atoms with E-state index < -0.39 is 11.9 Å². The summed E-state index contributed by atoms with van der Waals surface area (Å²) < 4.78 is 0. The fourth-order valence-corrected chi connectivity index (χ4v) is 6.26. The summed E-state index contributed by atoms with van der Waals surface area (Å²) in [5.74, 6) is -1.16. The van der Waals surface area contributed by atoms with Crippen LogP contribution in [0.3, 0.4) is 0 Å². The maximum absolute atomic E-state index is 10.9. The molecule has 7 heteroatoms. The van der Waals surface area contributed by atoms with Crippen molar-refractivity contribution in [1.82, 2.24) is 0 Å². The number of carboxylic acids is 2. The van der Waals surface area contributed by atoms with Crippen LogP contribution in [0.2, 0.25) is 0 Å². The number of hydrogen-bond donors (Lipinski definition) is 2. The van der Waals surface area contributed by atoms with Crippen LogP contribution in [-0.4, -0.2) is 72.3 Å². The molecule has 2 unspecified atom stereocenters. The molecule has 47 heavy (non-hydrogen) atoms. The number of thiol groups is 2. The van der Waals surface area contributed by atoms with Gasteiger partial charge in [0.25, 0.3) is 0 Å². The molecule has 0 aromatic heterocycles. The van der Waals surface area contributed by atoms with E-state index in [9.17, 15) is 19.8 Å². The molecule has 4 nitrogen and oxygen atoms in total. The van der Waals surface area contributed by atoms with Crippen molar-refractivity contribution in [3.8, 4) is 0 Å². The zero-order valence-electron chi connectivity index (χ0n) is 30.9. The molecule has 0 bridgehead atoms. The molecular weight excluding hydrogens is 746 g/mol. The molecule has 0 aliphatic heterocycles. The van der Waals surface area contributed by atoms with Gasteiger partial charge in [0, 0.05) is 11.9 Å². The van der Waals surface area contributed by atoms with Gasteiger partial charge < -0.3 is 19.8 Å². The number of unbranched alkanes of at least 4 members (excludes halogenated alkanes) is 20. The van der Waals surface area contributed by atoms with Crippen LogP contribution in [0.4, 0.5) is 0 Å². The number of hydrogen-bond acceptors (Lipinski definition) is 6. The van der Waals surface area contributed by atoms with Crippen molar-refractivity contribution < 1.29 is 19.8 Å². The molecule has 0 aliphatic carbocycles. The Balaban J connectivity index is -0.000000807. The van der Waals surface area contributed by atoms with E-state index in [2.05, 4.69) is 63.4 Å². The van der Waals surface area contributed by atoms with E-state index in [1.165, 1.54) is 116 Å². The van der Waals surface area contributed by atoms with Gasteiger partial charge in [-0.1, -0.05) is 141 Å². The van der Waals surface area contributed by atoms with Crippen molar-refractivity contribution in [1.29, 1.82) is 0 Å². The van der Waals surface area contributed by atoms with E-state index in [-0.39, 0.29) is 60.7 Å². The molecule has 0 heterocycles. The van der Waals surface area contributed by atoms with Gasteiger partial charge in [-0.05, 0) is 100 Å². The first-order chi connectivity index (χ1) is 22.4. The first-order valence-corrected chi connectivity index (χ1v) is 20.6. The molecule has 2 atom stereocenters. The summed E-state index contributed by atoms with van der Waals surface area (Å²) in [6.45, 7) is 4.51. The molecule has 0 aromatic rings. The van der Waals surface area contributed by atoms with Crippen molar-refractivity contribution in [3.63, 3.8) is 0 Å². The molecule has 0 amide bonds. The molecule has 0 spiro atoms. The van der Waals surface area contributed by atoms with Gasteiger partial charge in [0.05, 0.1) is 0 Å². The van der Waals surface area contributed by atoms with Crippen LogP contribution in [0.15, 0.2) is 24.3 Å². The van der Waals surface area contributed by atoms with Gasteiger partial charge in [0.2, 0.25) is 0 Å². The Kier molecular flexibility index (Phi) is 49.5. The summed E-state index contributed by atoms with van der Waals surface area (Å²) in [5.41, 5.74) is 0. The number of aliphatic carboxylic acids is 2. The van der Waals surface area contributed by atoms with Crippen molar-refractivity contribution in [2.45, 2.75) is 194 Å². The third-order valence-electron chi connectivity index (χ3n) is 8.75. The van der Waals surface area contributed by atoms with Crippen LogP contribution < -0.4 is 10.2 Å². The molecule has 0 rings (SSSR count). The Hall–Kier alpha value is 0.691. The van der Waals surface area contributed by atoms with Gasteiger partial charge >= 0.3 is 48.9 Å². The Morgan fingerprint density at radius 2 is 0.702 bits per heavy atom. The van der Waals surface area contributed by atoms with Gasteiger partial charge in [0.1, 0.15) is 0 Å². The normalized spacial score (nSPS) is 12.5. The summed E-state index contributed by atoms with van der Waals surface area (Å²) in [6.07, 6.45) is 42.3. The Morgan fingerprint density at radius 1 is 0.447 bits per heavy atom. The first kappa shape index (κ1) is 52.1. The van der Waals surface area contributed by atoms with Crippen molar-refractivity contribution in [2.75, 3.05) is 11.5 Å². The van der Waals surface area contributed by atoms with Crippen molar-refractivity contribution in [3.05, 3.63) is 24.3 Å². The standard InChI is InChI=1S/2C20H38O2S.Ba/c2*1-2-3-4-5-6-7-8-9-10-11-12-13-14-15-16-19(17-18-23)20(21)22;/h2*9-10,19,23H,2-8,11-18H2,1H3,(H,21,22);/q;;+2/p-2. The molecule has 0 N–H and O–H groups in total. The number of carboxylic acid groups (broad SMARTS) is 2. The fraction of sp³-hybridized carbons (Fsp3) is 0.850. The topological polar surface area (TPSA) is 80.3 Å². The van der Waals surface area contributed by atoms with Gasteiger partial charge in [-0.25, -0.2) is 0 Å². The predicted molar refractivity (Wildman–Crippen MR) is 209 cm³/mol. The molecule has 0 aliphatic rings. The van der Waals surface area contributed by atoms with E-state index in [4.69, 9.17) is 0 Å². The zero-order valence-corrected chi connectivity index (χ0v) is 37.1. The van der Waals surface area contributed by atoms with E-state index in [1.807, 2.05) is 0 Å². The molecule has 272 valence electrons. The number of carbonyl (C=O) groups excluding carboxylic acids is 2. The average molecular weight is 820 g/mol. The second-order valence-corrected chi connectivity index (χ2v) is 14.0. The van der Waals surface area contributed by atoms with Gasteiger partial charge in [-0.2, -0.15) is 25.3 Å². The second-order valence-electron chi connectivity index (χ2n) is 13.1. The Bertz CT molecular complexity index is 644. The predicted octanol–water partition coefficient (Wildman–Crippen LogP) is 10.3. The zero-order chi connectivity index (χ0) is 34.4. The second kappa shape index (κ2) is 44.7. The van der Waals surface area contributed by atoms with Gasteiger partial charge in [0.15, 0.2) is 0 Å². The third kappa shape index (κ3) is 42.8. The summed E-state index contributed by atoms with van der Waals surface area (Å²) in [5, 5.41) is 21.8. The Morgan fingerprint density at radius 3 is 0.957 bits per heavy atom. The van der Waals surface area contributed by atoms with Crippen LogP contribution >= 0.6 is 25.3 Å². The van der Waals surface area contributed by atoms with E-state index in [0.29, 0.717) is 24.3 Å². The van der Waals surface area contributed by atoms with Gasteiger partial charge in [-0.3, -0.25) is 0 Å².